The van der Waals surface area contributed by atoms with Crippen molar-refractivity contribution in [3.8, 4) is 0 Å². The Hall–Kier alpha value is -1.40. The van der Waals surface area contributed by atoms with Gasteiger partial charge in [-0.05, 0) is 37.7 Å². The van der Waals surface area contributed by atoms with Gasteiger partial charge in [0, 0.05) is 6.54 Å². The van der Waals surface area contributed by atoms with Crippen molar-refractivity contribution >= 4 is 33.4 Å². The second-order valence-corrected chi connectivity index (χ2v) is 5.69. The molecule has 18 heavy (non-hydrogen) atoms. The maximum atomic E-state index is 11.6. The summed E-state index contributed by atoms with van der Waals surface area (Å²) in [4.78, 5) is 0. The first-order valence-corrected chi connectivity index (χ1v) is 7.44. The van der Waals surface area contributed by atoms with Gasteiger partial charge in [-0.25, -0.2) is 8.42 Å². The van der Waals surface area contributed by atoms with Gasteiger partial charge in [-0.15, -0.1) is 0 Å². The molecule has 1 aromatic carbocycles. The molecular formula is C12H16N2O2S2. The van der Waals surface area contributed by atoms with Crippen LogP contribution in [0.15, 0.2) is 29.7 Å². The Labute approximate surface area is 113 Å². The third kappa shape index (κ3) is 5.29. The van der Waals surface area contributed by atoms with Gasteiger partial charge in [-0.1, -0.05) is 29.8 Å². The minimum absolute atomic E-state index is 0.103. The van der Waals surface area contributed by atoms with E-state index in [1.165, 1.54) is 6.08 Å². The number of thiocarbonyl (C=S) groups is 1. The van der Waals surface area contributed by atoms with Crippen molar-refractivity contribution in [3.63, 3.8) is 0 Å². The zero-order valence-corrected chi connectivity index (χ0v) is 11.9. The fourth-order valence-electron chi connectivity index (χ4n) is 1.21. The minimum Gasteiger partial charge on any atom is -0.362 e. The number of rotatable bonds is 4. The van der Waals surface area contributed by atoms with Crippen LogP contribution in [-0.4, -0.2) is 20.1 Å². The van der Waals surface area contributed by atoms with E-state index in [0.29, 0.717) is 6.54 Å². The van der Waals surface area contributed by atoms with E-state index in [0.717, 1.165) is 16.5 Å². The number of nitrogens with one attached hydrogen (secondary N) is 2. The SMILES string of the molecule is CCNC(=S)NS(=O)(=O)/C=C/c1ccc(C)cc1. The van der Waals surface area contributed by atoms with Crippen LogP contribution < -0.4 is 10.0 Å². The van der Waals surface area contributed by atoms with Crippen molar-refractivity contribution in [2.45, 2.75) is 13.8 Å². The summed E-state index contributed by atoms with van der Waals surface area (Å²) in [5.74, 6) is 0. The third-order valence-corrected chi connectivity index (χ3v) is 3.45. The summed E-state index contributed by atoms with van der Waals surface area (Å²) in [5, 5.41) is 3.92. The molecule has 1 aromatic rings. The van der Waals surface area contributed by atoms with Crippen LogP contribution in [0.1, 0.15) is 18.1 Å². The Morgan fingerprint density at radius 1 is 1.33 bits per heavy atom. The molecule has 98 valence electrons. The van der Waals surface area contributed by atoms with E-state index in [2.05, 4.69) is 10.0 Å². The first-order valence-electron chi connectivity index (χ1n) is 5.48. The maximum Gasteiger partial charge on any atom is 0.256 e. The van der Waals surface area contributed by atoms with Crippen LogP contribution in [0.25, 0.3) is 6.08 Å². The van der Waals surface area contributed by atoms with E-state index in [1.54, 1.807) is 0 Å². The summed E-state index contributed by atoms with van der Waals surface area (Å²) in [7, 11) is -3.55. The summed E-state index contributed by atoms with van der Waals surface area (Å²) in [5.41, 5.74) is 1.95. The van der Waals surface area contributed by atoms with Crippen molar-refractivity contribution in [1.29, 1.82) is 0 Å². The Bertz CT molecular complexity index is 534. The van der Waals surface area contributed by atoms with Gasteiger partial charge in [0.1, 0.15) is 0 Å². The van der Waals surface area contributed by atoms with Gasteiger partial charge in [0.05, 0.1) is 5.41 Å². The number of benzene rings is 1. The van der Waals surface area contributed by atoms with Gasteiger partial charge in [0.25, 0.3) is 10.0 Å². The predicted molar refractivity (Wildman–Crippen MR) is 78.5 cm³/mol. The topological polar surface area (TPSA) is 58.2 Å². The minimum atomic E-state index is -3.55. The highest BCUT2D eigenvalue weighted by Gasteiger charge is 2.06. The van der Waals surface area contributed by atoms with Crippen LogP contribution in [0.3, 0.4) is 0 Å². The zero-order chi connectivity index (χ0) is 13.6. The molecule has 0 radical (unpaired) electrons. The number of hydrogen-bond acceptors (Lipinski definition) is 3. The number of hydrogen-bond donors (Lipinski definition) is 2. The van der Waals surface area contributed by atoms with Crippen LogP contribution >= 0.6 is 12.2 Å². The van der Waals surface area contributed by atoms with Crippen LogP contribution in [0.5, 0.6) is 0 Å². The highest BCUT2D eigenvalue weighted by atomic mass is 32.2. The molecule has 0 saturated carbocycles. The van der Waals surface area contributed by atoms with Gasteiger partial charge >= 0.3 is 0 Å². The molecule has 0 aromatic heterocycles. The normalized spacial score (nSPS) is 11.4. The standard InChI is InChI=1S/C12H16N2O2S2/c1-3-13-12(17)14-18(15,16)9-8-11-6-4-10(2)5-7-11/h4-9H,3H2,1-2H3,(H2,13,14,17)/b9-8+. The lowest BCUT2D eigenvalue weighted by Gasteiger charge is -2.06. The third-order valence-electron chi connectivity index (χ3n) is 2.09. The summed E-state index contributed by atoms with van der Waals surface area (Å²) in [6.07, 6.45) is 1.52. The first kappa shape index (κ1) is 14.7. The van der Waals surface area contributed by atoms with E-state index in [9.17, 15) is 8.42 Å². The van der Waals surface area contributed by atoms with Crippen molar-refractivity contribution in [3.05, 3.63) is 40.8 Å². The van der Waals surface area contributed by atoms with Gasteiger partial charge in [-0.2, -0.15) is 0 Å². The lowest BCUT2D eigenvalue weighted by atomic mass is 10.2. The lowest BCUT2D eigenvalue weighted by molar-refractivity contribution is 0.601. The van der Waals surface area contributed by atoms with Gasteiger partial charge in [0.2, 0.25) is 0 Å². The molecule has 0 aliphatic heterocycles. The monoisotopic (exact) mass is 284 g/mol. The molecular weight excluding hydrogens is 268 g/mol. The molecule has 0 bridgehead atoms. The summed E-state index contributed by atoms with van der Waals surface area (Å²) >= 11 is 4.81. The van der Waals surface area contributed by atoms with E-state index < -0.39 is 10.0 Å². The van der Waals surface area contributed by atoms with Crippen molar-refractivity contribution in [2.24, 2.45) is 0 Å². The number of sulfonamides is 1. The molecule has 0 unspecified atom stereocenters. The van der Waals surface area contributed by atoms with Crippen LogP contribution in [-0.2, 0) is 10.0 Å². The molecule has 0 aliphatic rings. The molecule has 0 amide bonds. The van der Waals surface area contributed by atoms with Gasteiger partial charge in [0.15, 0.2) is 5.11 Å². The van der Waals surface area contributed by atoms with E-state index >= 15 is 0 Å². The largest absolute Gasteiger partial charge is 0.362 e. The number of aryl methyl sites for hydroxylation is 1. The van der Waals surface area contributed by atoms with Crippen LogP contribution in [0, 0.1) is 6.92 Å². The van der Waals surface area contributed by atoms with Crippen molar-refractivity contribution in [2.75, 3.05) is 6.54 Å². The van der Waals surface area contributed by atoms with Gasteiger partial charge < -0.3 is 5.32 Å². The highest BCUT2D eigenvalue weighted by Crippen LogP contribution is 2.05. The Balaban J connectivity index is 2.70. The molecule has 2 N–H and O–H groups in total. The van der Waals surface area contributed by atoms with Crippen LogP contribution in [0.4, 0.5) is 0 Å². The van der Waals surface area contributed by atoms with Crippen molar-refractivity contribution in [1.82, 2.24) is 10.0 Å². The summed E-state index contributed by atoms with van der Waals surface area (Å²) < 4.78 is 25.5. The molecule has 0 atom stereocenters. The maximum absolute atomic E-state index is 11.6. The molecule has 4 nitrogen and oxygen atoms in total. The molecule has 1 rings (SSSR count). The molecule has 0 fully saturated rings. The molecule has 0 saturated heterocycles. The molecule has 0 heterocycles. The van der Waals surface area contributed by atoms with E-state index in [-0.39, 0.29) is 5.11 Å². The fraction of sp³-hybridized carbons (Fsp3) is 0.250. The van der Waals surface area contributed by atoms with Crippen LogP contribution in [0.2, 0.25) is 0 Å². The first-order chi connectivity index (χ1) is 8.43. The highest BCUT2D eigenvalue weighted by molar-refractivity contribution is 7.94. The lowest BCUT2D eigenvalue weighted by Crippen LogP contribution is -2.37. The second-order valence-electron chi connectivity index (χ2n) is 3.72. The predicted octanol–water partition coefficient (Wildman–Crippen LogP) is 1.78. The fourth-order valence-corrected chi connectivity index (χ4v) is 2.43. The quantitative estimate of drug-likeness (QED) is 0.828. The van der Waals surface area contributed by atoms with E-state index in [4.69, 9.17) is 12.2 Å². The summed E-state index contributed by atoms with van der Waals surface area (Å²) in [6.45, 7) is 4.38. The Kier molecular flexibility index (Phi) is 5.30. The smallest absolute Gasteiger partial charge is 0.256 e. The van der Waals surface area contributed by atoms with Gasteiger partial charge in [-0.3, -0.25) is 4.72 Å². The summed E-state index contributed by atoms with van der Waals surface area (Å²) in [6, 6.07) is 7.54. The molecule has 0 spiro atoms. The van der Waals surface area contributed by atoms with E-state index in [1.807, 2.05) is 38.1 Å². The average Bonchev–Trinajstić information content (AvgIpc) is 2.28. The zero-order valence-electron chi connectivity index (χ0n) is 10.3. The Morgan fingerprint density at radius 3 is 2.50 bits per heavy atom. The average molecular weight is 284 g/mol. The second kappa shape index (κ2) is 6.51. The van der Waals surface area contributed by atoms with Crippen molar-refractivity contribution < 1.29 is 8.42 Å². The molecule has 6 heteroatoms. The molecule has 0 aliphatic carbocycles. The Morgan fingerprint density at radius 2 is 1.94 bits per heavy atom.